The molecule has 0 bridgehead atoms. The molecule has 0 saturated carbocycles. The van der Waals surface area contributed by atoms with Gasteiger partial charge in [0, 0.05) is 6.54 Å². The summed E-state index contributed by atoms with van der Waals surface area (Å²) >= 11 is 6.04. The number of hydrogen-bond acceptors (Lipinski definition) is 5. The Morgan fingerprint density at radius 2 is 2.03 bits per heavy atom. The summed E-state index contributed by atoms with van der Waals surface area (Å²) in [6.45, 7) is 2.24. The minimum absolute atomic E-state index is 0.0874. The van der Waals surface area contributed by atoms with Gasteiger partial charge >= 0.3 is 6.09 Å². The molecule has 0 aliphatic carbocycles. The molecule has 5 rings (SSSR count). The Bertz CT molecular complexity index is 1380. The number of unbranched alkanes of at least 4 members (excludes halogenated alkanes) is 1. The number of H-pyrrole nitrogens is 1. The number of likely N-dealkylation sites (tertiary alicyclic amines) is 1. The van der Waals surface area contributed by atoms with Crippen LogP contribution in [-0.2, 0) is 15.9 Å². The molecule has 2 aliphatic heterocycles. The van der Waals surface area contributed by atoms with Crippen molar-refractivity contribution in [2.24, 2.45) is 0 Å². The maximum atomic E-state index is 15.2. The van der Waals surface area contributed by atoms with E-state index in [1.807, 2.05) is 6.92 Å². The summed E-state index contributed by atoms with van der Waals surface area (Å²) in [7, 11) is 0. The van der Waals surface area contributed by atoms with Crippen LogP contribution in [0.15, 0.2) is 42.6 Å². The van der Waals surface area contributed by atoms with E-state index in [2.05, 4.69) is 15.3 Å². The number of carbonyl (C=O) groups is 2. The molecule has 1 aromatic heterocycles. The fourth-order valence-corrected chi connectivity index (χ4v) is 5.47. The van der Waals surface area contributed by atoms with E-state index in [1.54, 1.807) is 0 Å². The van der Waals surface area contributed by atoms with E-state index in [-0.39, 0.29) is 34.3 Å². The first-order chi connectivity index (χ1) is 18.2. The van der Waals surface area contributed by atoms with Crippen molar-refractivity contribution in [2.75, 3.05) is 18.4 Å². The maximum Gasteiger partial charge on any atom is 0.412 e. The van der Waals surface area contributed by atoms with Gasteiger partial charge in [-0.2, -0.15) is 0 Å². The number of rotatable bonds is 6. The molecule has 1 saturated heterocycles. The zero-order valence-electron chi connectivity index (χ0n) is 20.7. The highest BCUT2D eigenvalue weighted by atomic mass is 35.5. The van der Waals surface area contributed by atoms with Crippen LogP contribution in [0.25, 0.3) is 0 Å². The third kappa shape index (κ3) is 4.52. The molecule has 0 radical (unpaired) electrons. The number of aromatic amines is 1. The van der Waals surface area contributed by atoms with Gasteiger partial charge in [-0.1, -0.05) is 43.5 Å². The van der Waals surface area contributed by atoms with Crippen molar-refractivity contribution in [1.82, 2.24) is 14.9 Å². The zero-order chi connectivity index (χ0) is 27.1. The van der Waals surface area contributed by atoms with E-state index in [9.17, 15) is 19.1 Å². The molecule has 2 amide bonds. The molecule has 200 valence electrons. The number of imidazole rings is 1. The number of amides is 2. The lowest BCUT2D eigenvalue weighted by molar-refractivity contribution is -0.0419. The second-order valence-electron chi connectivity index (χ2n) is 9.74. The molecule has 1 unspecified atom stereocenters. The summed E-state index contributed by atoms with van der Waals surface area (Å²) in [5, 5.41) is 14.0. The molecular formula is C27H27ClF2N4O4. The van der Waals surface area contributed by atoms with Gasteiger partial charge in [-0.3, -0.25) is 10.1 Å². The molecule has 3 N–H and O–H groups in total. The molecule has 2 aromatic carbocycles. The van der Waals surface area contributed by atoms with Crippen LogP contribution >= 0.6 is 11.6 Å². The Morgan fingerprint density at radius 1 is 1.26 bits per heavy atom. The van der Waals surface area contributed by atoms with E-state index in [0.717, 1.165) is 6.42 Å². The highest BCUT2D eigenvalue weighted by molar-refractivity contribution is 6.31. The first-order valence-electron chi connectivity index (χ1n) is 12.5. The zero-order valence-corrected chi connectivity index (χ0v) is 21.4. The van der Waals surface area contributed by atoms with Crippen molar-refractivity contribution in [3.63, 3.8) is 0 Å². The predicted molar refractivity (Wildman–Crippen MR) is 136 cm³/mol. The number of aliphatic hydroxyl groups is 1. The standard InChI is InChI=1S/C27H27ClF2N4O4/c1-2-3-12-27(37,16-5-7-17(29)8-6-16)24-31-14-20(32-24)23(35)34-13-4-11-26(15-34)21-19(33-25(36)38-26)10-9-18(28)22(21)30/h5-10,14,37H,2-4,11-13,15H2,1H3,(H,31,32)(H,33,36)/t26-,27?/m0/s1. The molecule has 1 fully saturated rings. The average Bonchev–Trinajstić information content (AvgIpc) is 3.40. The lowest BCUT2D eigenvalue weighted by Gasteiger charge is -2.45. The molecule has 38 heavy (non-hydrogen) atoms. The number of nitrogens with zero attached hydrogens (tertiary/aromatic N) is 2. The summed E-state index contributed by atoms with van der Waals surface area (Å²) in [4.78, 5) is 34.6. The number of fused-ring (bicyclic) bond motifs is 2. The Morgan fingerprint density at radius 3 is 2.76 bits per heavy atom. The second-order valence-corrected chi connectivity index (χ2v) is 10.1. The van der Waals surface area contributed by atoms with Crippen LogP contribution in [0.4, 0.5) is 19.3 Å². The Hall–Kier alpha value is -3.50. The topological polar surface area (TPSA) is 108 Å². The molecule has 1 spiro atoms. The molecule has 3 aromatic rings. The molecule has 2 atom stereocenters. The van der Waals surface area contributed by atoms with E-state index in [1.165, 1.54) is 47.5 Å². The summed E-state index contributed by atoms with van der Waals surface area (Å²) in [6.07, 6.45) is 3.13. The molecule has 8 nitrogen and oxygen atoms in total. The third-order valence-electron chi connectivity index (χ3n) is 7.23. The van der Waals surface area contributed by atoms with Crippen LogP contribution in [0.3, 0.4) is 0 Å². The van der Waals surface area contributed by atoms with Crippen molar-refractivity contribution >= 4 is 29.3 Å². The van der Waals surface area contributed by atoms with Gasteiger partial charge in [0.2, 0.25) is 0 Å². The van der Waals surface area contributed by atoms with E-state index >= 15 is 4.39 Å². The quantitative estimate of drug-likeness (QED) is 0.382. The monoisotopic (exact) mass is 544 g/mol. The first-order valence-corrected chi connectivity index (χ1v) is 12.9. The van der Waals surface area contributed by atoms with E-state index in [0.29, 0.717) is 37.8 Å². The van der Waals surface area contributed by atoms with Gasteiger partial charge in [0.15, 0.2) is 11.4 Å². The van der Waals surface area contributed by atoms with Crippen LogP contribution in [-0.4, -0.2) is 45.1 Å². The SMILES string of the molecule is CCCCC(O)(c1ccc(F)cc1)c1ncc(C(=O)N2CCC[C@@]3(C2)OC(=O)Nc2ccc(Cl)c(F)c23)[nH]1. The molecule has 3 heterocycles. The number of nitrogens with one attached hydrogen (secondary N) is 2. The number of benzene rings is 2. The number of ether oxygens (including phenoxy) is 1. The van der Waals surface area contributed by atoms with Gasteiger partial charge in [0.05, 0.1) is 29.0 Å². The van der Waals surface area contributed by atoms with Crippen molar-refractivity contribution in [2.45, 2.75) is 50.2 Å². The van der Waals surface area contributed by atoms with Crippen molar-refractivity contribution in [3.8, 4) is 0 Å². The van der Waals surface area contributed by atoms with E-state index < -0.39 is 34.8 Å². The highest BCUT2D eigenvalue weighted by Crippen LogP contribution is 2.45. The number of halogens is 3. The first kappa shape index (κ1) is 26.1. The van der Waals surface area contributed by atoms with Gasteiger partial charge in [-0.15, -0.1) is 0 Å². The average molecular weight is 545 g/mol. The maximum absolute atomic E-state index is 15.2. The Kier molecular flexibility index (Phi) is 6.87. The largest absolute Gasteiger partial charge is 0.436 e. The van der Waals surface area contributed by atoms with Crippen LogP contribution in [0.1, 0.15) is 66.5 Å². The van der Waals surface area contributed by atoms with Crippen LogP contribution < -0.4 is 5.32 Å². The minimum Gasteiger partial charge on any atom is -0.436 e. The van der Waals surface area contributed by atoms with Gasteiger partial charge in [0.25, 0.3) is 5.91 Å². The lowest BCUT2D eigenvalue weighted by atomic mass is 9.83. The van der Waals surface area contributed by atoms with Crippen molar-refractivity contribution < 1.29 is 28.2 Å². The van der Waals surface area contributed by atoms with Crippen molar-refractivity contribution in [1.29, 1.82) is 0 Å². The number of hydrogen-bond donors (Lipinski definition) is 3. The Balaban J connectivity index is 1.45. The van der Waals surface area contributed by atoms with Crippen molar-refractivity contribution in [3.05, 3.63) is 81.9 Å². The summed E-state index contributed by atoms with van der Waals surface area (Å²) < 4.78 is 34.3. The number of aromatic nitrogens is 2. The highest BCUT2D eigenvalue weighted by Gasteiger charge is 2.49. The fourth-order valence-electron chi connectivity index (χ4n) is 5.31. The predicted octanol–water partition coefficient (Wildman–Crippen LogP) is 5.46. The second kappa shape index (κ2) is 9.99. The number of anilines is 1. The summed E-state index contributed by atoms with van der Waals surface area (Å²) in [5.41, 5.74) is -2.04. The van der Waals surface area contributed by atoms with Gasteiger partial charge in [-0.05, 0) is 49.1 Å². The summed E-state index contributed by atoms with van der Waals surface area (Å²) in [5.74, 6) is -1.43. The van der Waals surface area contributed by atoms with Crippen LogP contribution in [0.2, 0.25) is 5.02 Å². The molecular weight excluding hydrogens is 518 g/mol. The van der Waals surface area contributed by atoms with Gasteiger partial charge in [0.1, 0.15) is 22.9 Å². The smallest absolute Gasteiger partial charge is 0.412 e. The van der Waals surface area contributed by atoms with Crippen LogP contribution in [0, 0.1) is 11.6 Å². The fraction of sp³-hybridized carbons (Fsp3) is 0.370. The number of carbonyl (C=O) groups excluding carboxylic acids is 2. The van der Waals surface area contributed by atoms with Crippen LogP contribution in [0.5, 0.6) is 0 Å². The Labute approximate surface area is 223 Å². The normalized spacial score (nSPS) is 20.4. The number of piperidine rings is 1. The third-order valence-corrected chi connectivity index (χ3v) is 7.52. The van der Waals surface area contributed by atoms with Gasteiger partial charge < -0.3 is 19.7 Å². The summed E-state index contributed by atoms with van der Waals surface area (Å²) in [6, 6.07) is 8.37. The lowest BCUT2D eigenvalue weighted by Crippen LogP contribution is -2.53. The van der Waals surface area contributed by atoms with Gasteiger partial charge in [-0.25, -0.2) is 18.6 Å². The van der Waals surface area contributed by atoms with E-state index in [4.69, 9.17) is 16.3 Å². The molecule has 2 aliphatic rings. The minimum atomic E-state index is -1.56. The molecule has 11 heteroatoms.